The second-order valence-electron chi connectivity index (χ2n) is 12.6. The number of nitrogens with zero attached hydrogens (tertiary/aromatic N) is 7. The Morgan fingerprint density at radius 2 is 1.00 bits per heavy atom. The van der Waals surface area contributed by atoms with Crippen LogP contribution in [0.2, 0.25) is 0 Å². The third-order valence-corrected chi connectivity index (χ3v) is 9.84. The summed E-state index contributed by atoms with van der Waals surface area (Å²) in [5, 5.41) is 8.57. The number of hydrogen-bond acceptors (Lipinski definition) is 5. The monoisotopic (exact) mass is 639 g/mol. The summed E-state index contributed by atoms with van der Waals surface area (Å²) < 4.78 is 4.23. The summed E-state index contributed by atoms with van der Waals surface area (Å²) in [6.07, 6.45) is 3.66. The van der Waals surface area contributed by atoms with E-state index in [-0.39, 0.29) is 0 Å². The maximum absolute atomic E-state index is 5.40. The van der Waals surface area contributed by atoms with Crippen LogP contribution in [0.5, 0.6) is 0 Å². The lowest BCUT2D eigenvalue weighted by molar-refractivity contribution is 0.998. The molecule has 6 heterocycles. The summed E-state index contributed by atoms with van der Waals surface area (Å²) in [7, 11) is 0. The van der Waals surface area contributed by atoms with Crippen molar-refractivity contribution in [3.8, 4) is 23.0 Å². The van der Waals surface area contributed by atoms with Gasteiger partial charge in [-0.05, 0) is 65.4 Å². The minimum atomic E-state index is 0.545. The van der Waals surface area contributed by atoms with E-state index >= 15 is 0 Å². The van der Waals surface area contributed by atoms with Crippen molar-refractivity contribution in [2.24, 2.45) is 0 Å². The van der Waals surface area contributed by atoms with Gasteiger partial charge in [0.25, 0.3) is 0 Å². The lowest BCUT2D eigenvalue weighted by Gasteiger charge is -2.14. The first-order valence-electron chi connectivity index (χ1n) is 16.6. The molecular formula is C43H25N7. The third kappa shape index (κ3) is 3.77. The predicted octanol–water partition coefficient (Wildman–Crippen LogP) is 9.98. The fourth-order valence-corrected chi connectivity index (χ4v) is 7.64. The van der Waals surface area contributed by atoms with Crippen LogP contribution < -0.4 is 0 Å². The molecule has 0 saturated carbocycles. The van der Waals surface area contributed by atoms with Crippen molar-refractivity contribution in [1.29, 1.82) is 0 Å². The van der Waals surface area contributed by atoms with E-state index in [2.05, 4.69) is 130 Å². The van der Waals surface area contributed by atoms with Gasteiger partial charge in [-0.2, -0.15) is 0 Å². The van der Waals surface area contributed by atoms with Gasteiger partial charge in [-0.15, -0.1) is 0 Å². The fourth-order valence-electron chi connectivity index (χ4n) is 7.64. The number of aromatic nitrogens is 7. The molecule has 0 aliphatic carbocycles. The maximum Gasteiger partial charge on any atom is 0.237 e. The average Bonchev–Trinajstić information content (AvgIpc) is 3.70. The molecule has 232 valence electrons. The van der Waals surface area contributed by atoms with Gasteiger partial charge < -0.3 is 0 Å². The zero-order valence-electron chi connectivity index (χ0n) is 26.6. The van der Waals surface area contributed by atoms with Gasteiger partial charge in [0.2, 0.25) is 5.95 Å². The van der Waals surface area contributed by atoms with Crippen LogP contribution >= 0.6 is 0 Å². The first kappa shape index (κ1) is 27.0. The molecule has 0 radical (unpaired) electrons. The summed E-state index contributed by atoms with van der Waals surface area (Å²) in [6.45, 7) is 0. The maximum atomic E-state index is 5.40. The van der Waals surface area contributed by atoms with E-state index in [0.717, 1.165) is 93.5 Å². The third-order valence-electron chi connectivity index (χ3n) is 9.84. The van der Waals surface area contributed by atoms with Crippen molar-refractivity contribution >= 4 is 76.5 Å². The van der Waals surface area contributed by atoms with Gasteiger partial charge in [0, 0.05) is 50.3 Å². The normalized spacial score (nSPS) is 12.0. The highest BCUT2D eigenvalue weighted by Crippen LogP contribution is 2.38. The second kappa shape index (κ2) is 10.3. The zero-order chi connectivity index (χ0) is 32.8. The SMILES string of the molecule is c1ccc2c(-c3nc(-n4c5ccccc5c5cccnc54)nc4c3ccc3ccc(-n5c6ccccc6c6cccnc65)nc34)cccc2c1. The Hall–Kier alpha value is -6.99. The van der Waals surface area contributed by atoms with Crippen LogP contribution in [0.1, 0.15) is 0 Å². The first-order chi connectivity index (χ1) is 24.8. The fraction of sp³-hybridized carbons (Fsp3) is 0. The van der Waals surface area contributed by atoms with Crippen LogP contribution in [0.3, 0.4) is 0 Å². The van der Waals surface area contributed by atoms with Crippen molar-refractivity contribution in [1.82, 2.24) is 34.1 Å². The molecule has 7 heteroatoms. The van der Waals surface area contributed by atoms with Gasteiger partial charge >= 0.3 is 0 Å². The van der Waals surface area contributed by atoms with E-state index in [0.29, 0.717) is 5.95 Å². The molecule has 0 spiro atoms. The lowest BCUT2D eigenvalue weighted by Crippen LogP contribution is -2.05. The van der Waals surface area contributed by atoms with Crippen LogP contribution in [-0.4, -0.2) is 34.1 Å². The predicted molar refractivity (Wildman–Crippen MR) is 202 cm³/mol. The average molecular weight is 640 g/mol. The van der Waals surface area contributed by atoms with Gasteiger partial charge in [-0.1, -0.05) is 84.9 Å². The smallest absolute Gasteiger partial charge is 0.237 e. The molecular weight excluding hydrogens is 615 g/mol. The summed E-state index contributed by atoms with van der Waals surface area (Å²) in [6, 6.07) is 48.2. The Morgan fingerprint density at radius 1 is 0.380 bits per heavy atom. The van der Waals surface area contributed by atoms with E-state index in [9.17, 15) is 0 Å². The molecule has 11 rings (SSSR count). The summed E-state index contributed by atoms with van der Waals surface area (Å²) in [5.74, 6) is 1.32. The van der Waals surface area contributed by atoms with Crippen molar-refractivity contribution in [2.45, 2.75) is 0 Å². The Balaban J connectivity index is 1.28. The molecule has 50 heavy (non-hydrogen) atoms. The number of para-hydroxylation sites is 2. The van der Waals surface area contributed by atoms with Crippen LogP contribution in [0.25, 0.3) is 99.5 Å². The molecule has 0 aliphatic heterocycles. The molecule has 0 atom stereocenters. The molecule has 0 aliphatic rings. The second-order valence-corrected chi connectivity index (χ2v) is 12.6. The van der Waals surface area contributed by atoms with E-state index in [4.69, 9.17) is 24.9 Å². The summed E-state index contributed by atoms with van der Waals surface area (Å²) in [4.78, 5) is 25.8. The van der Waals surface area contributed by atoms with Crippen molar-refractivity contribution in [3.63, 3.8) is 0 Å². The van der Waals surface area contributed by atoms with E-state index in [1.807, 2.05) is 30.6 Å². The molecule has 0 fully saturated rings. The van der Waals surface area contributed by atoms with Crippen LogP contribution in [0.4, 0.5) is 0 Å². The quantitative estimate of drug-likeness (QED) is 0.180. The zero-order valence-corrected chi connectivity index (χ0v) is 26.6. The van der Waals surface area contributed by atoms with Crippen LogP contribution in [0, 0.1) is 0 Å². The molecule has 5 aromatic carbocycles. The number of hydrogen-bond donors (Lipinski definition) is 0. The number of fused-ring (bicyclic) bond motifs is 10. The van der Waals surface area contributed by atoms with Gasteiger partial charge in [0.05, 0.1) is 22.2 Å². The van der Waals surface area contributed by atoms with Gasteiger partial charge in [0.15, 0.2) is 0 Å². The van der Waals surface area contributed by atoms with Gasteiger partial charge in [-0.3, -0.25) is 9.13 Å². The van der Waals surface area contributed by atoms with Crippen molar-refractivity contribution in [3.05, 3.63) is 152 Å². The Labute approximate surface area is 284 Å². The van der Waals surface area contributed by atoms with E-state index < -0.39 is 0 Å². The molecule has 0 N–H and O–H groups in total. The number of rotatable bonds is 3. The largest absolute Gasteiger partial charge is 0.278 e. The van der Waals surface area contributed by atoms with Crippen LogP contribution in [-0.2, 0) is 0 Å². The first-order valence-corrected chi connectivity index (χ1v) is 16.6. The Bertz CT molecular complexity index is 3060. The molecule has 0 saturated heterocycles. The Kier molecular flexibility index (Phi) is 5.54. The summed E-state index contributed by atoms with van der Waals surface area (Å²) >= 11 is 0. The van der Waals surface area contributed by atoms with E-state index in [1.54, 1.807) is 0 Å². The summed E-state index contributed by atoms with van der Waals surface area (Å²) in [5.41, 5.74) is 7.16. The van der Waals surface area contributed by atoms with Gasteiger partial charge in [-0.25, -0.2) is 24.9 Å². The number of benzene rings is 5. The minimum Gasteiger partial charge on any atom is -0.278 e. The molecule has 7 nitrogen and oxygen atoms in total. The molecule has 0 amide bonds. The standard InChI is InChI=1S/C43H25N7/c1-2-12-28-26(10-1)11-7-15-31(28)39-34-22-20-27-21-23-37(49-35-18-5-3-13-29(35)32-16-8-24-44-41(32)49)46-38(27)40(34)48-43(47-39)50-36-19-6-4-14-30(36)33-17-9-25-45-42(33)50/h1-25H. The minimum absolute atomic E-state index is 0.545. The van der Waals surface area contributed by atoms with Gasteiger partial charge in [0.1, 0.15) is 22.6 Å². The topological polar surface area (TPSA) is 74.3 Å². The number of pyridine rings is 3. The van der Waals surface area contributed by atoms with E-state index in [1.165, 1.54) is 0 Å². The highest BCUT2D eigenvalue weighted by Gasteiger charge is 2.21. The molecule has 11 aromatic rings. The van der Waals surface area contributed by atoms with Crippen molar-refractivity contribution in [2.75, 3.05) is 0 Å². The molecule has 6 aromatic heterocycles. The highest BCUT2D eigenvalue weighted by atomic mass is 15.2. The van der Waals surface area contributed by atoms with Crippen LogP contribution in [0.15, 0.2) is 152 Å². The molecule has 0 unspecified atom stereocenters. The molecule has 0 bridgehead atoms. The lowest BCUT2D eigenvalue weighted by atomic mass is 9.98. The Morgan fingerprint density at radius 3 is 1.78 bits per heavy atom. The highest BCUT2D eigenvalue weighted by molar-refractivity contribution is 6.12. The van der Waals surface area contributed by atoms with Crippen molar-refractivity contribution < 1.29 is 0 Å².